The number of nitrogens with zero attached hydrogens (tertiary/aromatic N) is 2. The van der Waals surface area contributed by atoms with Crippen molar-refractivity contribution in [2.45, 2.75) is 0 Å². The normalized spacial score (nSPS) is 15.5. The number of cyclic esters (lactones) is 1. The molecule has 3 rings (SSSR count). The molecule has 0 amide bonds. The van der Waals surface area contributed by atoms with Gasteiger partial charge in [-0.05, 0) is 46.3 Å². The van der Waals surface area contributed by atoms with Crippen LogP contribution >= 0.6 is 31.9 Å². The van der Waals surface area contributed by atoms with Crippen molar-refractivity contribution in [2.75, 3.05) is 7.11 Å². The Morgan fingerprint density at radius 2 is 2.00 bits per heavy atom. The van der Waals surface area contributed by atoms with E-state index in [0.29, 0.717) is 11.3 Å². The van der Waals surface area contributed by atoms with Gasteiger partial charge in [-0.15, -0.1) is 0 Å². The van der Waals surface area contributed by atoms with Crippen LogP contribution in [0.1, 0.15) is 11.1 Å². The third-order valence-electron chi connectivity index (χ3n) is 3.06. The zero-order valence-corrected chi connectivity index (χ0v) is 15.1. The highest BCUT2D eigenvalue weighted by molar-refractivity contribution is 9.10. The average Bonchev–Trinajstić information content (AvgIpc) is 2.89. The summed E-state index contributed by atoms with van der Waals surface area (Å²) in [6.07, 6.45) is 4.85. The van der Waals surface area contributed by atoms with Crippen LogP contribution < -0.4 is 4.74 Å². The van der Waals surface area contributed by atoms with E-state index in [4.69, 9.17) is 9.47 Å². The number of carbonyl (C=O) groups excluding carboxylic acids is 1. The number of carbonyl (C=O) groups is 1. The van der Waals surface area contributed by atoms with E-state index in [-0.39, 0.29) is 11.6 Å². The van der Waals surface area contributed by atoms with E-state index in [1.54, 1.807) is 37.7 Å². The van der Waals surface area contributed by atoms with E-state index in [0.717, 1.165) is 14.5 Å². The topological polar surface area (TPSA) is 60.8 Å². The number of halogens is 2. The van der Waals surface area contributed by atoms with Crippen LogP contribution in [0.2, 0.25) is 0 Å². The SMILES string of the molecule is COc1ccc(Br)cc1C=C1N=C(c2cncc(Br)c2)OC1=O. The lowest BCUT2D eigenvalue weighted by molar-refractivity contribution is -0.129. The van der Waals surface area contributed by atoms with Gasteiger partial charge in [0.1, 0.15) is 5.75 Å². The molecule has 2 aromatic rings. The molecule has 0 radical (unpaired) electrons. The standard InChI is InChI=1S/C16H10Br2N2O3/c1-22-14-3-2-11(17)4-9(14)6-13-16(21)23-15(20-13)10-5-12(18)8-19-7-10/h2-8H,1H3. The van der Waals surface area contributed by atoms with Gasteiger partial charge in [0, 0.05) is 26.9 Å². The van der Waals surface area contributed by atoms with Crippen molar-refractivity contribution in [3.05, 3.63) is 62.4 Å². The Hall–Kier alpha value is -1.99. The van der Waals surface area contributed by atoms with Crippen molar-refractivity contribution in [1.29, 1.82) is 0 Å². The van der Waals surface area contributed by atoms with Crippen LogP contribution in [-0.2, 0) is 9.53 Å². The highest BCUT2D eigenvalue weighted by atomic mass is 79.9. The average molecular weight is 438 g/mol. The van der Waals surface area contributed by atoms with Gasteiger partial charge in [0.2, 0.25) is 5.90 Å². The maximum absolute atomic E-state index is 12.0. The molecule has 0 bridgehead atoms. The molecule has 0 saturated carbocycles. The summed E-state index contributed by atoms with van der Waals surface area (Å²) in [5.41, 5.74) is 1.56. The predicted octanol–water partition coefficient (Wildman–Crippen LogP) is 3.96. The van der Waals surface area contributed by atoms with Gasteiger partial charge < -0.3 is 9.47 Å². The fraction of sp³-hybridized carbons (Fsp3) is 0.0625. The van der Waals surface area contributed by atoms with E-state index in [2.05, 4.69) is 41.8 Å². The number of esters is 1. The number of methoxy groups -OCH3 is 1. The Morgan fingerprint density at radius 1 is 1.17 bits per heavy atom. The van der Waals surface area contributed by atoms with Crippen LogP contribution in [0.3, 0.4) is 0 Å². The van der Waals surface area contributed by atoms with Crippen molar-refractivity contribution in [3.8, 4) is 5.75 Å². The van der Waals surface area contributed by atoms with Gasteiger partial charge in [-0.2, -0.15) is 0 Å². The number of hydrogen-bond acceptors (Lipinski definition) is 5. The molecule has 5 nitrogen and oxygen atoms in total. The first-order chi connectivity index (χ1) is 11.1. The fourth-order valence-corrected chi connectivity index (χ4v) is 2.77. The molecule has 0 saturated heterocycles. The molecule has 0 spiro atoms. The van der Waals surface area contributed by atoms with Gasteiger partial charge in [0.05, 0.1) is 12.7 Å². The minimum Gasteiger partial charge on any atom is -0.496 e. The first kappa shape index (κ1) is 15.9. The molecular formula is C16H10Br2N2O3. The molecule has 0 N–H and O–H groups in total. The molecule has 23 heavy (non-hydrogen) atoms. The number of rotatable bonds is 3. The monoisotopic (exact) mass is 436 g/mol. The van der Waals surface area contributed by atoms with Gasteiger partial charge in [-0.1, -0.05) is 15.9 Å². The lowest BCUT2D eigenvalue weighted by Crippen LogP contribution is -2.05. The third-order valence-corrected chi connectivity index (χ3v) is 3.98. The summed E-state index contributed by atoms with van der Waals surface area (Å²) in [7, 11) is 1.57. The van der Waals surface area contributed by atoms with E-state index < -0.39 is 5.97 Å². The molecule has 7 heteroatoms. The number of benzene rings is 1. The smallest absolute Gasteiger partial charge is 0.363 e. The van der Waals surface area contributed by atoms with Crippen molar-refractivity contribution in [1.82, 2.24) is 4.98 Å². The Bertz CT molecular complexity index is 847. The summed E-state index contributed by atoms with van der Waals surface area (Å²) in [5.74, 6) is 0.354. The van der Waals surface area contributed by atoms with Gasteiger partial charge in [0.15, 0.2) is 5.70 Å². The molecule has 1 aromatic carbocycles. The predicted molar refractivity (Wildman–Crippen MR) is 93.2 cm³/mol. The largest absolute Gasteiger partial charge is 0.496 e. The molecule has 1 aromatic heterocycles. The minimum absolute atomic E-state index is 0.205. The summed E-state index contributed by atoms with van der Waals surface area (Å²) in [5, 5.41) is 0. The Labute approximate surface area is 149 Å². The molecule has 0 unspecified atom stereocenters. The van der Waals surface area contributed by atoms with Crippen LogP contribution in [0.5, 0.6) is 5.75 Å². The summed E-state index contributed by atoms with van der Waals surface area (Å²) >= 11 is 6.72. The second kappa shape index (κ2) is 6.64. The lowest BCUT2D eigenvalue weighted by atomic mass is 10.1. The number of pyridine rings is 1. The van der Waals surface area contributed by atoms with E-state index in [9.17, 15) is 4.79 Å². The number of ether oxygens (including phenoxy) is 2. The second-order valence-electron chi connectivity index (χ2n) is 4.61. The van der Waals surface area contributed by atoms with Crippen LogP contribution in [0.4, 0.5) is 0 Å². The maximum Gasteiger partial charge on any atom is 0.363 e. The molecular weight excluding hydrogens is 428 g/mol. The van der Waals surface area contributed by atoms with E-state index in [1.165, 1.54) is 0 Å². The van der Waals surface area contributed by atoms with Crippen molar-refractivity contribution in [2.24, 2.45) is 4.99 Å². The minimum atomic E-state index is -0.512. The molecule has 2 heterocycles. The Kier molecular flexibility index (Phi) is 4.58. The number of hydrogen-bond donors (Lipinski definition) is 0. The Balaban J connectivity index is 2.00. The molecule has 0 atom stereocenters. The first-order valence-corrected chi connectivity index (χ1v) is 8.12. The summed E-state index contributed by atoms with van der Waals surface area (Å²) in [6.45, 7) is 0. The van der Waals surface area contributed by atoms with Crippen LogP contribution in [-0.4, -0.2) is 24.0 Å². The van der Waals surface area contributed by atoms with Crippen LogP contribution in [0, 0.1) is 0 Å². The molecule has 116 valence electrons. The summed E-state index contributed by atoms with van der Waals surface area (Å²) < 4.78 is 12.2. The highest BCUT2D eigenvalue weighted by Crippen LogP contribution is 2.27. The third kappa shape index (κ3) is 3.51. The fourth-order valence-electron chi connectivity index (χ4n) is 2.03. The zero-order chi connectivity index (χ0) is 16.4. The molecule has 1 aliphatic rings. The quantitative estimate of drug-likeness (QED) is 0.538. The number of aliphatic imine (C=N–C) groups is 1. The lowest BCUT2D eigenvalue weighted by Gasteiger charge is -2.04. The number of aromatic nitrogens is 1. The van der Waals surface area contributed by atoms with Crippen molar-refractivity contribution < 1.29 is 14.3 Å². The van der Waals surface area contributed by atoms with Gasteiger partial charge >= 0.3 is 5.97 Å². The van der Waals surface area contributed by atoms with E-state index in [1.807, 2.05) is 12.1 Å². The van der Waals surface area contributed by atoms with Crippen molar-refractivity contribution >= 4 is 49.8 Å². The maximum atomic E-state index is 12.0. The Morgan fingerprint density at radius 3 is 2.74 bits per heavy atom. The molecule has 0 fully saturated rings. The summed E-state index contributed by atoms with van der Waals surface area (Å²) in [4.78, 5) is 20.3. The van der Waals surface area contributed by atoms with Crippen LogP contribution in [0.25, 0.3) is 6.08 Å². The van der Waals surface area contributed by atoms with Gasteiger partial charge in [-0.25, -0.2) is 9.79 Å². The second-order valence-corrected chi connectivity index (χ2v) is 6.45. The molecule has 1 aliphatic heterocycles. The highest BCUT2D eigenvalue weighted by Gasteiger charge is 2.25. The first-order valence-electron chi connectivity index (χ1n) is 6.54. The van der Waals surface area contributed by atoms with Gasteiger partial charge in [-0.3, -0.25) is 4.98 Å². The van der Waals surface area contributed by atoms with Crippen molar-refractivity contribution in [3.63, 3.8) is 0 Å². The molecule has 0 aliphatic carbocycles. The zero-order valence-electron chi connectivity index (χ0n) is 11.9. The summed E-state index contributed by atoms with van der Waals surface area (Å²) in [6, 6.07) is 7.28. The van der Waals surface area contributed by atoms with Gasteiger partial charge in [0.25, 0.3) is 0 Å². The van der Waals surface area contributed by atoms with Crippen LogP contribution in [0.15, 0.2) is 56.3 Å². The van der Waals surface area contributed by atoms with E-state index >= 15 is 0 Å².